The third kappa shape index (κ3) is 2.40. The van der Waals surface area contributed by atoms with E-state index >= 15 is 0 Å². The van der Waals surface area contributed by atoms with Gasteiger partial charge in [0.05, 0.1) is 5.69 Å². The molecule has 3 rings (SSSR count). The Morgan fingerprint density at radius 2 is 1.62 bits per heavy atom. The molecule has 0 unspecified atom stereocenters. The second kappa shape index (κ2) is 5.05. The van der Waals surface area contributed by atoms with Crippen molar-refractivity contribution >= 4 is 5.82 Å². The van der Waals surface area contributed by atoms with Crippen molar-refractivity contribution in [2.45, 2.75) is 20.8 Å². The number of rotatable bonds is 2. The van der Waals surface area contributed by atoms with E-state index in [0.717, 1.165) is 11.3 Å². The average Bonchev–Trinajstić information content (AvgIpc) is 2.85. The molecule has 106 valence electrons. The lowest BCUT2D eigenvalue weighted by atomic mass is 10.1. The van der Waals surface area contributed by atoms with E-state index in [-0.39, 0.29) is 0 Å². The summed E-state index contributed by atoms with van der Waals surface area (Å²) >= 11 is 0. The van der Waals surface area contributed by atoms with Gasteiger partial charge < -0.3 is 5.73 Å². The minimum Gasteiger partial charge on any atom is -0.382 e. The first kappa shape index (κ1) is 13.4. The van der Waals surface area contributed by atoms with Crippen molar-refractivity contribution in [1.82, 2.24) is 15.0 Å². The van der Waals surface area contributed by atoms with Crippen molar-refractivity contribution < 1.29 is 0 Å². The van der Waals surface area contributed by atoms with Crippen molar-refractivity contribution in [3.05, 3.63) is 59.2 Å². The Bertz CT molecular complexity index is 785. The molecule has 2 aromatic carbocycles. The first-order chi connectivity index (χ1) is 10.1. The summed E-state index contributed by atoms with van der Waals surface area (Å²) in [4.78, 5) is 0. The van der Waals surface area contributed by atoms with Gasteiger partial charge in [-0.1, -0.05) is 41.1 Å². The van der Waals surface area contributed by atoms with Crippen LogP contribution in [0.4, 0.5) is 5.82 Å². The normalized spacial score (nSPS) is 10.8. The van der Waals surface area contributed by atoms with E-state index in [1.54, 1.807) is 4.68 Å². The van der Waals surface area contributed by atoms with E-state index in [1.807, 2.05) is 30.3 Å². The zero-order valence-electron chi connectivity index (χ0n) is 12.5. The number of hydrogen-bond donors (Lipinski definition) is 1. The van der Waals surface area contributed by atoms with Gasteiger partial charge in [-0.15, -0.1) is 5.10 Å². The number of nitrogen functional groups attached to an aromatic ring is 1. The quantitative estimate of drug-likeness (QED) is 0.781. The molecule has 0 aliphatic carbocycles. The van der Waals surface area contributed by atoms with Crippen molar-refractivity contribution in [3.63, 3.8) is 0 Å². The van der Waals surface area contributed by atoms with Crippen molar-refractivity contribution in [3.8, 4) is 16.9 Å². The summed E-state index contributed by atoms with van der Waals surface area (Å²) in [6.07, 6.45) is 0. The van der Waals surface area contributed by atoms with Crippen LogP contribution in [0.1, 0.15) is 16.7 Å². The van der Waals surface area contributed by atoms with Crippen LogP contribution in [0.25, 0.3) is 16.9 Å². The minimum atomic E-state index is 0.558. The van der Waals surface area contributed by atoms with Crippen molar-refractivity contribution in [1.29, 1.82) is 0 Å². The second-order valence-electron chi connectivity index (χ2n) is 5.37. The molecule has 1 aromatic heterocycles. The van der Waals surface area contributed by atoms with Crippen LogP contribution in [0, 0.1) is 20.8 Å². The number of nitrogens with zero attached hydrogens (tertiary/aromatic N) is 3. The highest BCUT2D eigenvalue weighted by molar-refractivity contribution is 5.71. The topological polar surface area (TPSA) is 56.7 Å². The lowest BCUT2D eigenvalue weighted by Crippen LogP contribution is -2.03. The monoisotopic (exact) mass is 278 g/mol. The van der Waals surface area contributed by atoms with Gasteiger partial charge in [0.2, 0.25) is 0 Å². The van der Waals surface area contributed by atoms with Crippen molar-refractivity contribution in [2.75, 3.05) is 5.73 Å². The molecule has 0 fully saturated rings. The van der Waals surface area contributed by atoms with Gasteiger partial charge in [0.25, 0.3) is 0 Å². The molecular weight excluding hydrogens is 260 g/mol. The molecule has 0 saturated heterocycles. The Morgan fingerprint density at radius 3 is 2.29 bits per heavy atom. The van der Waals surface area contributed by atoms with Gasteiger partial charge in [-0.3, -0.25) is 0 Å². The summed E-state index contributed by atoms with van der Waals surface area (Å²) in [5.74, 6) is 0.558. The molecule has 0 aliphatic rings. The first-order valence-corrected chi connectivity index (χ1v) is 6.92. The average molecular weight is 278 g/mol. The minimum absolute atomic E-state index is 0.558. The molecule has 4 nitrogen and oxygen atoms in total. The highest BCUT2D eigenvalue weighted by Gasteiger charge is 2.13. The van der Waals surface area contributed by atoms with Crippen molar-refractivity contribution in [2.24, 2.45) is 0 Å². The molecule has 0 radical (unpaired) electrons. The van der Waals surface area contributed by atoms with Crippen LogP contribution in [-0.2, 0) is 0 Å². The number of aromatic nitrogens is 3. The molecule has 4 heteroatoms. The number of aryl methyl sites for hydroxylation is 3. The van der Waals surface area contributed by atoms with E-state index in [0.29, 0.717) is 11.5 Å². The summed E-state index contributed by atoms with van der Waals surface area (Å²) in [6, 6.07) is 14.3. The van der Waals surface area contributed by atoms with E-state index in [2.05, 4.69) is 43.2 Å². The largest absolute Gasteiger partial charge is 0.382 e. The van der Waals surface area contributed by atoms with E-state index in [9.17, 15) is 0 Å². The zero-order valence-corrected chi connectivity index (χ0v) is 12.5. The van der Waals surface area contributed by atoms with E-state index < -0.39 is 0 Å². The van der Waals surface area contributed by atoms with Gasteiger partial charge in [-0.25, -0.2) is 0 Å². The summed E-state index contributed by atoms with van der Waals surface area (Å²) < 4.78 is 1.68. The van der Waals surface area contributed by atoms with E-state index in [4.69, 9.17) is 5.73 Å². The van der Waals surface area contributed by atoms with Crippen LogP contribution in [0.2, 0.25) is 0 Å². The predicted octanol–water partition coefficient (Wildman–Crippen LogP) is 3.44. The van der Waals surface area contributed by atoms with Crippen LogP contribution in [0.3, 0.4) is 0 Å². The predicted molar refractivity (Wildman–Crippen MR) is 85.4 cm³/mol. The first-order valence-electron chi connectivity index (χ1n) is 6.92. The lowest BCUT2D eigenvalue weighted by molar-refractivity contribution is 0.809. The molecule has 2 N–H and O–H groups in total. The molecule has 0 amide bonds. The highest BCUT2D eigenvalue weighted by atomic mass is 15.5. The van der Waals surface area contributed by atoms with E-state index in [1.165, 1.54) is 16.7 Å². The number of hydrogen-bond acceptors (Lipinski definition) is 3. The van der Waals surface area contributed by atoms with Crippen LogP contribution in [0.5, 0.6) is 0 Å². The Hall–Kier alpha value is -2.62. The molecule has 0 saturated carbocycles. The maximum absolute atomic E-state index is 6.23. The van der Waals surface area contributed by atoms with Crippen LogP contribution in [0.15, 0.2) is 42.5 Å². The van der Waals surface area contributed by atoms with Crippen LogP contribution >= 0.6 is 0 Å². The summed E-state index contributed by atoms with van der Waals surface area (Å²) in [6.45, 7) is 6.22. The molecule has 21 heavy (non-hydrogen) atoms. The molecule has 0 atom stereocenters. The van der Waals surface area contributed by atoms with Crippen LogP contribution in [-0.4, -0.2) is 15.0 Å². The summed E-state index contributed by atoms with van der Waals surface area (Å²) in [5, 5.41) is 8.43. The Kier molecular flexibility index (Phi) is 3.22. The standard InChI is InChI=1S/C17H18N4/c1-11-4-7-14(8-5-11)16-17(18)21(20-19-16)15-9-6-12(2)13(3)10-15/h4-10H,18H2,1-3H3. The zero-order chi connectivity index (χ0) is 15.0. The van der Waals surface area contributed by atoms with Gasteiger partial charge in [-0.05, 0) is 44.0 Å². The number of anilines is 1. The Balaban J connectivity index is 2.06. The lowest BCUT2D eigenvalue weighted by Gasteiger charge is -2.06. The number of benzene rings is 2. The third-order valence-electron chi connectivity index (χ3n) is 3.77. The van der Waals surface area contributed by atoms with Gasteiger partial charge in [0.1, 0.15) is 5.69 Å². The maximum Gasteiger partial charge on any atom is 0.155 e. The van der Waals surface area contributed by atoms with Gasteiger partial charge in [0, 0.05) is 5.56 Å². The molecule has 3 aromatic rings. The van der Waals surface area contributed by atoms with Gasteiger partial charge >= 0.3 is 0 Å². The fraction of sp³-hybridized carbons (Fsp3) is 0.176. The third-order valence-corrected chi connectivity index (χ3v) is 3.77. The fourth-order valence-electron chi connectivity index (χ4n) is 2.25. The Labute approximate surface area is 124 Å². The highest BCUT2D eigenvalue weighted by Crippen LogP contribution is 2.26. The molecule has 0 aliphatic heterocycles. The molecule has 0 spiro atoms. The second-order valence-corrected chi connectivity index (χ2v) is 5.37. The summed E-state index contributed by atoms with van der Waals surface area (Å²) in [5.41, 5.74) is 12.5. The smallest absolute Gasteiger partial charge is 0.155 e. The fourth-order valence-corrected chi connectivity index (χ4v) is 2.25. The maximum atomic E-state index is 6.23. The summed E-state index contributed by atoms with van der Waals surface area (Å²) in [7, 11) is 0. The van der Waals surface area contributed by atoms with Crippen LogP contribution < -0.4 is 5.73 Å². The van der Waals surface area contributed by atoms with Gasteiger partial charge in [0.15, 0.2) is 5.82 Å². The molecule has 1 heterocycles. The molecular formula is C17H18N4. The van der Waals surface area contributed by atoms with Gasteiger partial charge in [-0.2, -0.15) is 4.68 Å². The number of nitrogens with two attached hydrogens (primary N) is 1. The Morgan fingerprint density at radius 1 is 0.905 bits per heavy atom. The SMILES string of the molecule is Cc1ccc(-c2nnn(-c3ccc(C)c(C)c3)c2N)cc1. The molecule has 0 bridgehead atoms.